The van der Waals surface area contributed by atoms with Gasteiger partial charge in [-0.3, -0.25) is 0 Å². The highest BCUT2D eigenvalue weighted by Crippen LogP contribution is 2.03. The summed E-state index contributed by atoms with van der Waals surface area (Å²) in [6.45, 7) is 6.86. The molecule has 1 heterocycles. The molecule has 1 aliphatic rings. The fraction of sp³-hybridized carbons (Fsp3) is 1.00. The van der Waals surface area contributed by atoms with Crippen LogP contribution in [0.25, 0.3) is 0 Å². The Morgan fingerprint density at radius 1 is 1.45 bits per heavy atom. The van der Waals surface area contributed by atoms with E-state index in [0.717, 1.165) is 18.6 Å². The summed E-state index contributed by atoms with van der Waals surface area (Å²) in [6.07, 6.45) is 3.82. The van der Waals surface area contributed by atoms with E-state index in [-0.39, 0.29) is 0 Å². The third kappa shape index (κ3) is 2.80. The molecule has 0 radical (unpaired) electrons. The molecule has 1 atom stereocenters. The normalized spacial score (nSPS) is 24.8. The highest BCUT2D eigenvalue weighted by Gasteiger charge is 2.16. The predicted molar refractivity (Wildman–Crippen MR) is 48.8 cm³/mol. The second kappa shape index (κ2) is 4.73. The molecule has 1 aliphatic heterocycles. The maximum absolute atomic E-state index is 3.65. The van der Waals surface area contributed by atoms with Crippen molar-refractivity contribution in [2.24, 2.45) is 0 Å². The van der Waals surface area contributed by atoms with Gasteiger partial charge in [-0.25, -0.2) is 0 Å². The van der Waals surface area contributed by atoms with Crippen molar-refractivity contribution in [2.45, 2.75) is 45.2 Å². The van der Waals surface area contributed by atoms with E-state index in [0.29, 0.717) is 0 Å². The molecule has 1 unspecified atom stereocenters. The lowest BCUT2D eigenvalue weighted by Crippen LogP contribution is -2.38. The van der Waals surface area contributed by atoms with Crippen LogP contribution in [0.15, 0.2) is 0 Å². The number of hydrogen-bond acceptors (Lipinski definition) is 2. The first-order chi connectivity index (χ1) is 5.36. The lowest BCUT2D eigenvalue weighted by Gasteiger charge is -2.19. The van der Waals surface area contributed by atoms with Gasteiger partial charge in [-0.05, 0) is 25.8 Å². The van der Waals surface area contributed by atoms with E-state index in [4.69, 9.17) is 0 Å². The lowest BCUT2D eigenvalue weighted by atomic mass is 10.1. The molecule has 66 valence electrons. The molecular weight excluding hydrogens is 136 g/mol. The fourth-order valence-corrected chi connectivity index (χ4v) is 1.65. The fourth-order valence-electron chi connectivity index (χ4n) is 1.65. The largest absolute Gasteiger partial charge is 0.315 e. The van der Waals surface area contributed by atoms with Crippen molar-refractivity contribution in [3.05, 3.63) is 0 Å². The second-order valence-corrected chi connectivity index (χ2v) is 3.37. The lowest BCUT2D eigenvalue weighted by molar-refractivity contribution is 0.423. The molecule has 0 aromatic rings. The smallest absolute Gasteiger partial charge is 0.0207 e. The van der Waals surface area contributed by atoms with Crippen LogP contribution in [0.3, 0.4) is 0 Å². The van der Waals surface area contributed by atoms with Crippen molar-refractivity contribution in [2.75, 3.05) is 13.1 Å². The summed E-state index contributed by atoms with van der Waals surface area (Å²) in [5.74, 6) is 0. The number of rotatable bonds is 4. The van der Waals surface area contributed by atoms with Gasteiger partial charge in [-0.15, -0.1) is 0 Å². The number of nitrogens with one attached hydrogen (secondary N) is 2. The maximum Gasteiger partial charge on any atom is 0.0207 e. The summed E-state index contributed by atoms with van der Waals surface area (Å²) >= 11 is 0. The molecule has 1 fully saturated rings. The Morgan fingerprint density at radius 2 is 2.18 bits per heavy atom. The van der Waals surface area contributed by atoms with Gasteiger partial charge < -0.3 is 10.6 Å². The van der Waals surface area contributed by atoms with Crippen LogP contribution in [0.1, 0.15) is 33.1 Å². The SMILES string of the molecule is CCC(CC)NC1CCNC1. The van der Waals surface area contributed by atoms with Gasteiger partial charge in [0, 0.05) is 18.6 Å². The summed E-state index contributed by atoms with van der Waals surface area (Å²) in [4.78, 5) is 0. The van der Waals surface area contributed by atoms with Crippen molar-refractivity contribution in [3.8, 4) is 0 Å². The van der Waals surface area contributed by atoms with E-state index in [1.54, 1.807) is 0 Å². The zero-order chi connectivity index (χ0) is 8.10. The molecule has 0 aliphatic carbocycles. The van der Waals surface area contributed by atoms with E-state index >= 15 is 0 Å². The molecule has 2 nitrogen and oxygen atoms in total. The molecule has 11 heavy (non-hydrogen) atoms. The molecule has 2 N–H and O–H groups in total. The van der Waals surface area contributed by atoms with Crippen LogP contribution in [0.2, 0.25) is 0 Å². The molecule has 0 aromatic carbocycles. The Balaban J connectivity index is 2.16. The average Bonchev–Trinajstić information content (AvgIpc) is 2.52. The first-order valence-corrected chi connectivity index (χ1v) is 4.83. The van der Waals surface area contributed by atoms with Crippen molar-refractivity contribution in [1.29, 1.82) is 0 Å². The first-order valence-electron chi connectivity index (χ1n) is 4.83. The Morgan fingerprint density at radius 3 is 2.64 bits per heavy atom. The van der Waals surface area contributed by atoms with Gasteiger partial charge in [-0.2, -0.15) is 0 Å². The van der Waals surface area contributed by atoms with Crippen LogP contribution in [0.4, 0.5) is 0 Å². The van der Waals surface area contributed by atoms with E-state index in [1.807, 2.05) is 0 Å². The monoisotopic (exact) mass is 156 g/mol. The summed E-state index contributed by atoms with van der Waals surface area (Å²) < 4.78 is 0. The summed E-state index contributed by atoms with van der Waals surface area (Å²) in [5.41, 5.74) is 0. The zero-order valence-electron chi connectivity index (χ0n) is 7.69. The minimum Gasteiger partial charge on any atom is -0.315 e. The van der Waals surface area contributed by atoms with E-state index in [1.165, 1.54) is 25.8 Å². The van der Waals surface area contributed by atoms with Crippen molar-refractivity contribution in [3.63, 3.8) is 0 Å². The van der Waals surface area contributed by atoms with Gasteiger partial charge in [0.1, 0.15) is 0 Å². The van der Waals surface area contributed by atoms with E-state index in [9.17, 15) is 0 Å². The minimum atomic E-state index is 0.736. The topological polar surface area (TPSA) is 24.1 Å². The molecule has 0 bridgehead atoms. The Labute approximate surface area is 69.8 Å². The van der Waals surface area contributed by atoms with Crippen molar-refractivity contribution < 1.29 is 0 Å². The highest BCUT2D eigenvalue weighted by molar-refractivity contribution is 4.80. The number of hydrogen-bond donors (Lipinski definition) is 2. The molecule has 0 aromatic heterocycles. The standard InChI is InChI=1S/C9H20N2/c1-3-8(4-2)11-9-5-6-10-7-9/h8-11H,3-7H2,1-2H3. The average molecular weight is 156 g/mol. The van der Waals surface area contributed by atoms with Crippen LogP contribution in [-0.2, 0) is 0 Å². The molecular formula is C9H20N2. The minimum absolute atomic E-state index is 0.736. The molecule has 1 rings (SSSR count). The summed E-state index contributed by atoms with van der Waals surface area (Å²) in [5, 5.41) is 7.02. The summed E-state index contributed by atoms with van der Waals surface area (Å²) in [6, 6.07) is 1.47. The quantitative estimate of drug-likeness (QED) is 0.637. The van der Waals surface area contributed by atoms with Gasteiger partial charge in [-0.1, -0.05) is 13.8 Å². The maximum atomic E-state index is 3.65. The van der Waals surface area contributed by atoms with Crippen LogP contribution < -0.4 is 10.6 Å². The highest BCUT2D eigenvalue weighted by atomic mass is 15.0. The van der Waals surface area contributed by atoms with E-state index in [2.05, 4.69) is 24.5 Å². The van der Waals surface area contributed by atoms with Gasteiger partial charge in [0.15, 0.2) is 0 Å². The Kier molecular flexibility index (Phi) is 3.87. The van der Waals surface area contributed by atoms with Gasteiger partial charge in [0.2, 0.25) is 0 Å². The van der Waals surface area contributed by atoms with Crippen LogP contribution in [-0.4, -0.2) is 25.2 Å². The van der Waals surface area contributed by atoms with Crippen LogP contribution in [0, 0.1) is 0 Å². The molecule has 0 saturated carbocycles. The third-order valence-corrected chi connectivity index (χ3v) is 2.52. The zero-order valence-corrected chi connectivity index (χ0v) is 7.69. The molecule has 0 spiro atoms. The third-order valence-electron chi connectivity index (χ3n) is 2.52. The Bertz CT molecular complexity index is 93.7. The van der Waals surface area contributed by atoms with Gasteiger partial charge in [0.25, 0.3) is 0 Å². The van der Waals surface area contributed by atoms with Crippen molar-refractivity contribution in [1.82, 2.24) is 10.6 Å². The van der Waals surface area contributed by atoms with Crippen molar-refractivity contribution >= 4 is 0 Å². The predicted octanol–water partition coefficient (Wildman–Crippen LogP) is 1.13. The first kappa shape index (κ1) is 9.01. The van der Waals surface area contributed by atoms with Gasteiger partial charge >= 0.3 is 0 Å². The second-order valence-electron chi connectivity index (χ2n) is 3.37. The van der Waals surface area contributed by atoms with Crippen LogP contribution in [0.5, 0.6) is 0 Å². The molecule has 0 amide bonds. The van der Waals surface area contributed by atoms with Crippen LogP contribution >= 0.6 is 0 Å². The molecule has 2 heteroatoms. The summed E-state index contributed by atoms with van der Waals surface area (Å²) in [7, 11) is 0. The Hall–Kier alpha value is -0.0800. The van der Waals surface area contributed by atoms with E-state index < -0.39 is 0 Å². The van der Waals surface area contributed by atoms with Gasteiger partial charge in [0.05, 0.1) is 0 Å². The molecule has 1 saturated heterocycles.